The molecule has 1 amide bonds. The highest BCUT2D eigenvalue weighted by Gasteiger charge is 2.34. The predicted molar refractivity (Wildman–Crippen MR) is 110 cm³/mol. The summed E-state index contributed by atoms with van der Waals surface area (Å²) in [6.07, 6.45) is 4.51. The fourth-order valence-electron chi connectivity index (χ4n) is 4.06. The number of anilines is 2. The van der Waals surface area contributed by atoms with Gasteiger partial charge < -0.3 is 20.7 Å². The van der Waals surface area contributed by atoms with Crippen molar-refractivity contribution in [3.05, 3.63) is 54.1 Å². The van der Waals surface area contributed by atoms with Crippen LogP contribution in [0.2, 0.25) is 0 Å². The van der Waals surface area contributed by atoms with Crippen molar-refractivity contribution in [3.8, 4) is 5.75 Å². The number of piperidine rings is 1. The van der Waals surface area contributed by atoms with Gasteiger partial charge in [0.1, 0.15) is 5.75 Å². The Morgan fingerprint density at radius 3 is 2.37 bits per heavy atom. The van der Waals surface area contributed by atoms with Crippen LogP contribution in [-0.2, 0) is 0 Å². The van der Waals surface area contributed by atoms with Crippen LogP contribution < -0.4 is 20.7 Å². The molecule has 2 bridgehead atoms. The molecule has 0 aliphatic carbocycles. The molecule has 3 N–H and O–H groups in total. The van der Waals surface area contributed by atoms with Crippen molar-refractivity contribution in [2.75, 3.05) is 12.4 Å². The number of halogens is 1. The Bertz CT molecular complexity index is 769. The fourth-order valence-corrected chi connectivity index (χ4v) is 4.06. The van der Waals surface area contributed by atoms with Crippen LogP contribution in [0.5, 0.6) is 5.75 Å². The Balaban J connectivity index is 0.00000210. The molecule has 0 radical (unpaired) electrons. The third-order valence-electron chi connectivity index (χ3n) is 5.35. The molecule has 2 aliphatic heterocycles. The maximum Gasteiger partial charge on any atom is 0.253 e. The molecule has 144 valence electrons. The number of hydrogen-bond acceptors (Lipinski definition) is 4. The Morgan fingerprint density at radius 2 is 1.70 bits per heavy atom. The number of hydrogen-bond donors (Lipinski definition) is 3. The summed E-state index contributed by atoms with van der Waals surface area (Å²) >= 11 is 0. The van der Waals surface area contributed by atoms with E-state index in [0.717, 1.165) is 30.0 Å². The number of amides is 1. The number of fused-ring (bicyclic) bond motifs is 2. The van der Waals surface area contributed by atoms with E-state index in [9.17, 15) is 4.79 Å². The van der Waals surface area contributed by atoms with Crippen molar-refractivity contribution in [2.24, 2.45) is 0 Å². The van der Waals surface area contributed by atoms with Gasteiger partial charge in [0, 0.05) is 23.8 Å². The van der Waals surface area contributed by atoms with Gasteiger partial charge in [-0.3, -0.25) is 4.79 Å². The Morgan fingerprint density at radius 1 is 1.04 bits per heavy atom. The molecule has 5 nitrogen and oxygen atoms in total. The molecule has 0 saturated carbocycles. The summed E-state index contributed by atoms with van der Waals surface area (Å²) in [6, 6.07) is 16.7. The van der Waals surface area contributed by atoms with Gasteiger partial charge in [-0.1, -0.05) is 12.1 Å². The van der Waals surface area contributed by atoms with E-state index < -0.39 is 0 Å². The number of ether oxygens (including phenoxy) is 1. The van der Waals surface area contributed by atoms with Crippen LogP contribution in [0.3, 0.4) is 0 Å². The normalized spacial score (nSPS) is 23.2. The molecule has 2 fully saturated rings. The number of para-hydroxylation sites is 1. The number of nitrogens with one attached hydrogen (secondary N) is 3. The van der Waals surface area contributed by atoms with Crippen LogP contribution in [0.15, 0.2) is 48.5 Å². The molecule has 2 unspecified atom stereocenters. The first kappa shape index (κ1) is 19.5. The minimum atomic E-state index is -0.00656. The first-order valence-electron chi connectivity index (χ1n) is 9.28. The van der Waals surface area contributed by atoms with E-state index in [0.29, 0.717) is 17.6 Å². The SMILES string of the molecule is COc1ccc(Nc2ccccc2C(=O)NC2CC3CCC(C2)N3)cc1.Cl. The monoisotopic (exact) mass is 387 g/mol. The van der Waals surface area contributed by atoms with Crippen LogP contribution in [-0.4, -0.2) is 31.1 Å². The van der Waals surface area contributed by atoms with Gasteiger partial charge in [-0.2, -0.15) is 0 Å². The first-order valence-corrected chi connectivity index (χ1v) is 9.28. The van der Waals surface area contributed by atoms with Crippen LogP contribution in [0.25, 0.3) is 0 Å². The summed E-state index contributed by atoms with van der Waals surface area (Å²) in [7, 11) is 1.65. The van der Waals surface area contributed by atoms with Gasteiger partial charge in [0.2, 0.25) is 0 Å². The van der Waals surface area contributed by atoms with Gasteiger partial charge in [0.15, 0.2) is 0 Å². The average Bonchev–Trinajstić information content (AvgIpc) is 3.01. The molecule has 6 heteroatoms. The second-order valence-electron chi connectivity index (χ2n) is 7.18. The lowest BCUT2D eigenvalue weighted by Gasteiger charge is -2.30. The molecule has 2 aliphatic rings. The Hall–Kier alpha value is -2.24. The van der Waals surface area contributed by atoms with Crippen molar-refractivity contribution < 1.29 is 9.53 Å². The van der Waals surface area contributed by atoms with E-state index in [-0.39, 0.29) is 24.4 Å². The molecule has 2 aromatic carbocycles. The van der Waals surface area contributed by atoms with E-state index in [1.54, 1.807) is 7.11 Å². The topological polar surface area (TPSA) is 62.4 Å². The lowest BCUT2D eigenvalue weighted by atomic mass is 9.99. The van der Waals surface area contributed by atoms with Crippen molar-refractivity contribution in [3.63, 3.8) is 0 Å². The van der Waals surface area contributed by atoms with Gasteiger partial charge in [-0.25, -0.2) is 0 Å². The van der Waals surface area contributed by atoms with Crippen LogP contribution >= 0.6 is 12.4 Å². The van der Waals surface area contributed by atoms with Crippen molar-refractivity contribution >= 4 is 29.7 Å². The van der Waals surface area contributed by atoms with E-state index in [1.165, 1.54) is 12.8 Å². The number of carbonyl (C=O) groups is 1. The van der Waals surface area contributed by atoms with Gasteiger partial charge in [-0.05, 0) is 62.1 Å². The van der Waals surface area contributed by atoms with Gasteiger partial charge in [-0.15, -0.1) is 12.4 Å². The lowest BCUT2D eigenvalue weighted by Crippen LogP contribution is -2.48. The smallest absolute Gasteiger partial charge is 0.253 e. The minimum Gasteiger partial charge on any atom is -0.497 e. The quantitative estimate of drug-likeness (QED) is 0.728. The van der Waals surface area contributed by atoms with Gasteiger partial charge in [0.25, 0.3) is 5.91 Å². The maximum absolute atomic E-state index is 12.9. The van der Waals surface area contributed by atoms with E-state index in [1.807, 2.05) is 48.5 Å². The number of methoxy groups -OCH3 is 1. The van der Waals surface area contributed by atoms with E-state index in [4.69, 9.17) is 4.74 Å². The number of carbonyl (C=O) groups excluding carboxylic acids is 1. The Labute approximate surface area is 166 Å². The number of rotatable bonds is 5. The van der Waals surface area contributed by atoms with Crippen molar-refractivity contribution in [1.29, 1.82) is 0 Å². The number of benzene rings is 2. The largest absolute Gasteiger partial charge is 0.497 e. The second kappa shape index (κ2) is 8.63. The molecule has 2 heterocycles. The summed E-state index contributed by atoms with van der Waals surface area (Å²) in [4.78, 5) is 12.9. The third-order valence-corrected chi connectivity index (χ3v) is 5.35. The molecule has 2 atom stereocenters. The molecule has 2 aromatic rings. The lowest BCUT2D eigenvalue weighted by molar-refractivity contribution is 0.0925. The van der Waals surface area contributed by atoms with Crippen molar-refractivity contribution in [2.45, 2.75) is 43.8 Å². The third kappa shape index (κ3) is 4.54. The molecule has 27 heavy (non-hydrogen) atoms. The molecular weight excluding hydrogens is 362 g/mol. The second-order valence-corrected chi connectivity index (χ2v) is 7.18. The summed E-state index contributed by atoms with van der Waals surface area (Å²) in [5, 5.41) is 10.2. The minimum absolute atomic E-state index is 0. The van der Waals surface area contributed by atoms with Crippen LogP contribution in [0, 0.1) is 0 Å². The van der Waals surface area contributed by atoms with Crippen LogP contribution in [0.1, 0.15) is 36.0 Å². The van der Waals surface area contributed by atoms with Gasteiger partial charge >= 0.3 is 0 Å². The van der Waals surface area contributed by atoms with E-state index in [2.05, 4.69) is 16.0 Å². The maximum atomic E-state index is 12.9. The highest BCUT2D eigenvalue weighted by molar-refractivity contribution is 6.00. The summed E-state index contributed by atoms with van der Waals surface area (Å²) < 4.78 is 5.19. The average molecular weight is 388 g/mol. The first-order chi connectivity index (χ1) is 12.7. The molecular formula is C21H26ClN3O2. The molecule has 2 saturated heterocycles. The molecule has 0 spiro atoms. The van der Waals surface area contributed by atoms with E-state index >= 15 is 0 Å². The summed E-state index contributed by atoms with van der Waals surface area (Å²) in [5.41, 5.74) is 2.41. The highest BCUT2D eigenvalue weighted by Crippen LogP contribution is 2.28. The standard InChI is InChI=1S/C21H25N3O2.ClH/c1-26-18-10-8-14(9-11-18)23-20-5-3-2-4-19(20)21(25)24-17-12-15-6-7-16(13-17)22-15;/h2-5,8-11,15-17,22-23H,6-7,12-13H2,1H3,(H,24,25);1H. The highest BCUT2D eigenvalue weighted by atomic mass is 35.5. The zero-order chi connectivity index (χ0) is 17.9. The summed E-state index contributed by atoms with van der Waals surface area (Å²) in [5.74, 6) is 0.801. The zero-order valence-electron chi connectivity index (χ0n) is 15.4. The molecule has 4 rings (SSSR count). The summed E-state index contributed by atoms with van der Waals surface area (Å²) in [6.45, 7) is 0. The predicted octanol–water partition coefficient (Wildman–Crippen LogP) is 3.87. The van der Waals surface area contributed by atoms with Gasteiger partial charge in [0.05, 0.1) is 18.4 Å². The van der Waals surface area contributed by atoms with Crippen LogP contribution in [0.4, 0.5) is 11.4 Å². The zero-order valence-corrected chi connectivity index (χ0v) is 16.2. The molecule has 0 aromatic heterocycles. The fraction of sp³-hybridized carbons (Fsp3) is 0.381. The Kier molecular flexibility index (Phi) is 6.24. The van der Waals surface area contributed by atoms with Crippen molar-refractivity contribution in [1.82, 2.24) is 10.6 Å².